The molecule has 0 aromatic carbocycles. The molecule has 0 aromatic rings. The number of rotatable bonds is 3. The van der Waals surface area contributed by atoms with E-state index in [0.29, 0.717) is 19.4 Å². The molecule has 1 saturated heterocycles. The Morgan fingerprint density at radius 3 is 2.92 bits per heavy atom. The fourth-order valence-electron chi connectivity index (χ4n) is 1.56. The summed E-state index contributed by atoms with van der Waals surface area (Å²) in [6.07, 6.45) is 2.07. The van der Waals surface area contributed by atoms with Crippen LogP contribution in [0.2, 0.25) is 0 Å². The Balaban J connectivity index is 2.84. The van der Waals surface area contributed by atoms with Crippen molar-refractivity contribution < 1.29 is 14.6 Å². The molecular formula is C9H14O3. The van der Waals surface area contributed by atoms with E-state index in [2.05, 4.69) is 6.58 Å². The van der Waals surface area contributed by atoms with Crippen LogP contribution in [0.25, 0.3) is 0 Å². The van der Waals surface area contributed by atoms with Gasteiger partial charge in [-0.2, -0.15) is 0 Å². The summed E-state index contributed by atoms with van der Waals surface area (Å²) < 4.78 is 4.84. The highest BCUT2D eigenvalue weighted by Gasteiger charge is 2.47. The van der Waals surface area contributed by atoms with Gasteiger partial charge in [0, 0.05) is 6.42 Å². The second-order valence-corrected chi connectivity index (χ2v) is 3.21. The van der Waals surface area contributed by atoms with E-state index in [1.54, 1.807) is 13.0 Å². The topological polar surface area (TPSA) is 46.5 Å². The SMILES string of the molecule is C=CC[C@]1([C@H](C)O)CCOC1=O. The lowest BCUT2D eigenvalue weighted by Gasteiger charge is -2.25. The van der Waals surface area contributed by atoms with Gasteiger partial charge in [0.15, 0.2) is 0 Å². The lowest BCUT2D eigenvalue weighted by Crippen LogP contribution is -2.37. The van der Waals surface area contributed by atoms with Crippen molar-refractivity contribution in [3.05, 3.63) is 12.7 Å². The van der Waals surface area contributed by atoms with Gasteiger partial charge in [0.2, 0.25) is 0 Å². The van der Waals surface area contributed by atoms with E-state index in [1.165, 1.54) is 0 Å². The molecule has 0 bridgehead atoms. The molecule has 1 aliphatic heterocycles. The van der Waals surface area contributed by atoms with Crippen molar-refractivity contribution in [3.8, 4) is 0 Å². The molecular weight excluding hydrogens is 156 g/mol. The van der Waals surface area contributed by atoms with Crippen LogP contribution >= 0.6 is 0 Å². The molecule has 3 nitrogen and oxygen atoms in total. The van der Waals surface area contributed by atoms with Crippen LogP contribution in [-0.2, 0) is 9.53 Å². The van der Waals surface area contributed by atoms with E-state index >= 15 is 0 Å². The van der Waals surface area contributed by atoms with Gasteiger partial charge >= 0.3 is 5.97 Å². The first-order valence-electron chi connectivity index (χ1n) is 4.09. The summed E-state index contributed by atoms with van der Waals surface area (Å²) >= 11 is 0. The van der Waals surface area contributed by atoms with Crippen molar-refractivity contribution in [3.63, 3.8) is 0 Å². The van der Waals surface area contributed by atoms with Crippen molar-refractivity contribution in [2.75, 3.05) is 6.61 Å². The van der Waals surface area contributed by atoms with Gasteiger partial charge in [-0.1, -0.05) is 6.08 Å². The number of hydrogen-bond donors (Lipinski definition) is 1. The van der Waals surface area contributed by atoms with Crippen LogP contribution in [0.1, 0.15) is 19.8 Å². The Morgan fingerprint density at radius 2 is 2.58 bits per heavy atom. The fourth-order valence-corrected chi connectivity index (χ4v) is 1.56. The standard InChI is InChI=1S/C9H14O3/c1-3-4-9(7(2)10)5-6-12-8(9)11/h3,7,10H,1,4-6H2,2H3/t7-,9+/m0/s1. The predicted molar refractivity (Wildman–Crippen MR) is 44.5 cm³/mol. The van der Waals surface area contributed by atoms with Gasteiger partial charge in [-0.05, 0) is 13.3 Å². The smallest absolute Gasteiger partial charge is 0.315 e. The zero-order valence-electron chi connectivity index (χ0n) is 7.25. The van der Waals surface area contributed by atoms with Gasteiger partial charge < -0.3 is 9.84 Å². The van der Waals surface area contributed by atoms with Crippen LogP contribution in [0.4, 0.5) is 0 Å². The Morgan fingerprint density at radius 1 is 1.92 bits per heavy atom. The highest BCUT2D eigenvalue weighted by Crippen LogP contribution is 2.37. The number of ether oxygens (including phenoxy) is 1. The molecule has 3 heteroatoms. The van der Waals surface area contributed by atoms with Crippen molar-refractivity contribution in [2.24, 2.45) is 5.41 Å². The molecule has 0 spiro atoms. The quantitative estimate of drug-likeness (QED) is 0.505. The van der Waals surface area contributed by atoms with Gasteiger partial charge in [-0.15, -0.1) is 6.58 Å². The first-order valence-corrected chi connectivity index (χ1v) is 4.09. The zero-order valence-corrected chi connectivity index (χ0v) is 7.25. The normalized spacial score (nSPS) is 31.3. The number of allylic oxidation sites excluding steroid dienone is 1. The highest BCUT2D eigenvalue weighted by atomic mass is 16.5. The second-order valence-electron chi connectivity index (χ2n) is 3.21. The lowest BCUT2D eigenvalue weighted by atomic mass is 9.78. The second kappa shape index (κ2) is 3.27. The third-order valence-electron chi connectivity index (χ3n) is 2.50. The largest absolute Gasteiger partial charge is 0.465 e. The lowest BCUT2D eigenvalue weighted by molar-refractivity contribution is -0.150. The monoisotopic (exact) mass is 170 g/mol. The van der Waals surface area contributed by atoms with E-state index < -0.39 is 11.5 Å². The number of esters is 1. The van der Waals surface area contributed by atoms with Crippen LogP contribution in [0.5, 0.6) is 0 Å². The number of aliphatic hydroxyl groups excluding tert-OH is 1. The van der Waals surface area contributed by atoms with Crippen molar-refractivity contribution in [1.82, 2.24) is 0 Å². The summed E-state index contributed by atoms with van der Waals surface area (Å²) in [5.41, 5.74) is -0.720. The molecule has 12 heavy (non-hydrogen) atoms. The third kappa shape index (κ3) is 1.25. The summed E-state index contributed by atoms with van der Waals surface area (Å²) in [7, 11) is 0. The Kier molecular flexibility index (Phi) is 2.52. The van der Waals surface area contributed by atoms with Gasteiger partial charge in [-0.25, -0.2) is 0 Å². The molecule has 1 rings (SSSR count). The van der Waals surface area contributed by atoms with E-state index in [-0.39, 0.29) is 5.97 Å². The maximum Gasteiger partial charge on any atom is 0.315 e. The van der Waals surface area contributed by atoms with E-state index in [4.69, 9.17) is 4.74 Å². The summed E-state index contributed by atoms with van der Waals surface area (Å²) in [5, 5.41) is 9.46. The minimum Gasteiger partial charge on any atom is -0.465 e. The molecule has 0 aliphatic carbocycles. The van der Waals surface area contributed by atoms with Crippen LogP contribution in [0.3, 0.4) is 0 Å². The Labute approximate surface area is 72.0 Å². The minimum atomic E-state index is -0.720. The molecule has 1 fully saturated rings. The van der Waals surface area contributed by atoms with Gasteiger partial charge in [0.1, 0.15) is 5.41 Å². The summed E-state index contributed by atoms with van der Waals surface area (Å²) in [4.78, 5) is 11.3. The first kappa shape index (κ1) is 9.26. The van der Waals surface area contributed by atoms with Crippen LogP contribution < -0.4 is 0 Å². The fraction of sp³-hybridized carbons (Fsp3) is 0.667. The average molecular weight is 170 g/mol. The Bertz CT molecular complexity index is 198. The number of cyclic esters (lactones) is 1. The highest BCUT2D eigenvalue weighted by molar-refractivity contribution is 5.79. The van der Waals surface area contributed by atoms with Crippen LogP contribution in [-0.4, -0.2) is 23.8 Å². The third-order valence-corrected chi connectivity index (χ3v) is 2.50. The molecule has 0 saturated carbocycles. The summed E-state index contributed by atoms with van der Waals surface area (Å²) in [6, 6.07) is 0. The molecule has 0 radical (unpaired) electrons. The van der Waals surface area contributed by atoms with Crippen LogP contribution in [0, 0.1) is 5.41 Å². The maximum absolute atomic E-state index is 11.3. The van der Waals surface area contributed by atoms with Crippen molar-refractivity contribution >= 4 is 5.97 Å². The van der Waals surface area contributed by atoms with Crippen LogP contribution in [0.15, 0.2) is 12.7 Å². The zero-order chi connectivity index (χ0) is 9.19. The molecule has 1 heterocycles. The Hall–Kier alpha value is -0.830. The van der Waals surface area contributed by atoms with E-state index in [0.717, 1.165) is 0 Å². The minimum absolute atomic E-state index is 0.294. The molecule has 1 aliphatic rings. The number of carbonyl (C=O) groups is 1. The number of carbonyl (C=O) groups excluding carboxylic acids is 1. The van der Waals surface area contributed by atoms with Crippen molar-refractivity contribution in [2.45, 2.75) is 25.9 Å². The van der Waals surface area contributed by atoms with Gasteiger partial charge in [-0.3, -0.25) is 4.79 Å². The maximum atomic E-state index is 11.3. The average Bonchev–Trinajstić information content (AvgIpc) is 2.34. The molecule has 0 amide bonds. The molecule has 2 atom stereocenters. The summed E-state index contributed by atoms with van der Waals surface area (Å²) in [6.45, 7) is 5.60. The number of hydrogen-bond acceptors (Lipinski definition) is 3. The molecule has 68 valence electrons. The number of aliphatic hydroxyl groups is 1. The molecule has 0 unspecified atom stereocenters. The molecule has 1 N–H and O–H groups in total. The van der Waals surface area contributed by atoms with E-state index in [1.807, 2.05) is 0 Å². The first-order chi connectivity index (χ1) is 5.63. The predicted octanol–water partition coefficient (Wildman–Crippen LogP) is 0.877. The van der Waals surface area contributed by atoms with Gasteiger partial charge in [0.25, 0.3) is 0 Å². The van der Waals surface area contributed by atoms with E-state index in [9.17, 15) is 9.90 Å². The molecule has 0 aromatic heterocycles. The van der Waals surface area contributed by atoms with Crippen molar-refractivity contribution in [1.29, 1.82) is 0 Å². The van der Waals surface area contributed by atoms with Gasteiger partial charge in [0.05, 0.1) is 12.7 Å². The summed E-state index contributed by atoms with van der Waals surface area (Å²) in [5.74, 6) is -0.294.